The minimum Gasteiger partial charge on any atom is -0.456 e. The van der Waals surface area contributed by atoms with E-state index in [0.29, 0.717) is 44.1 Å². The molecule has 4 aliphatic rings. The second kappa shape index (κ2) is 20.4. The van der Waals surface area contributed by atoms with E-state index in [1.165, 1.54) is 19.1 Å². The van der Waals surface area contributed by atoms with Crippen LogP contribution in [0, 0.1) is 29.6 Å². The van der Waals surface area contributed by atoms with Gasteiger partial charge in [-0.3, -0.25) is 14.4 Å². The normalized spacial score (nSPS) is 40.6. The van der Waals surface area contributed by atoms with Crippen LogP contribution in [0.5, 0.6) is 0 Å². The molecule has 1 aliphatic carbocycles. The maximum atomic E-state index is 14.3. The van der Waals surface area contributed by atoms with Gasteiger partial charge in [-0.25, -0.2) is 4.79 Å². The predicted octanol–water partition coefficient (Wildman–Crippen LogP) is 4.44. The highest BCUT2D eigenvalue weighted by Crippen LogP contribution is 2.39. The number of methoxy groups -OCH3 is 3. The molecule has 56 heavy (non-hydrogen) atoms. The molecule has 3 aliphatic heterocycles. The van der Waals surface area contributed by atoms with Gasteiger partial charge in [-0.05, 0) is 95.5 Å². The second-order valence-corrected chi connectivity index (χ2v) is 17.3. The molecule has 2 saturated heterocycles. The van der Waals surface area contributed by atoms with Gasteiger partial charge in [0.15, 0.2) is 0 Å². The molecule has 0 aromatic carbocycles. The van der Waals surface area contributed by atoms with Crippen LogP contribution in [0.15, 0.2) is 23.3 Å². The monoisotopic (exact) mass is 790 g/mol. The third-order valence-electron chi connectivity index (χ3n) is 13.0. The fraction of sp³-hybridized carbons (Fsp3) is 0.814. The van der Waals surface area contributed by atoms with Crippen LogP contribution in [0.4, 0.5) is 0 Å². The van der Waals surface area contributed by atoms with E-state index in [1.807, 2.05) is 32.9 Å². The summed E-state index contributed by atoms with van der Waals surface area (Å²) in [6.45, 7) is 11.3. The van der Waals surface area contributed by atoms with Crippen molar-refractivity contribution in [1.82, 2.24) is 4.90 Å². The molecule has 0 radical (unpaired) electrons. The number of nitrogens with zero attached hydrogens (tertiary/aromatic N) is 1. The first-order valence-corrected chi connectivity index (χ1v) is 20.9. The number of esters is 1. The van der Waals surface area contributed by atoms with Crippen molar-refractivity contribution >= 4 is 23.4 Å². The van der Waals surface area contributed by atoms with Crippen LogP contribution >= 0.6 is 0 Å². The molecule has 318 valence electrons. The first kappa shape index (κ1) is 46.2. The van der Waals surface area contributed by atoms with Gasteiger partial charge >= 0.3 is 5.97 Å². The fourth-order valence-electron chi connectivity index (χ4n) is 9.45. The summed E-state index contributed by atoms with van der Waals surface area (Å²) in [6.07, 6.45) is 5.22. The van der Waals surface area contributed by atoms with Crippen molar-refractivity contribution in [2.75, 3.05) is 27.9 Å². The molecule has 2 bridgehead atoms. The first-order valence-electron chi connectivity index (χ1n) is 20.9. The van der Waals surface area contributed by atoms with Gasteiger partial charge in [-0.2, -0.15) is 0 Å². The number of nitrogens with two attached hydrogens (primary N) is 1. The minimum atomic E-state index is -2.49. The van der Waals surface area contributed by atoms with Crippen LogP contribution in [0.1, 0.15) is 112 Å². The largest absolute Gasteiger partial charge is 0.456 e. The standard InChI is InChI=1S/C43H70N2O11/c1-10-30-18-24(2)17-25(3)19-36(53-8)39-37(54-9)21-27(5)43(51,56-39)40(48)41(49)45-16-12-11-13-32(45)42(50)55-38(28(6)33(46)23-34(30)47)26(4)20-29-14-15-31(44)35(22-29)52-7/h18,20,25,27-33,35-39,46,51H,10-17,19,21-23,44H2,1-9H3. The number of carbonyl (C=O) groups is 4. The molecule has 0 spiro atoms. The number of ether oxygens (including phenoxy) is 5. The quantitative estimate of drug-likeness (QED) is 0.196. The average molecular weight is 791 g/mol. The Balaban J connectivity index is 1.76. The zero-order valence-electron chi connectivity index (χ0n) is 35.2. The number of cyclic esters (lactones) is 1. The fourth-order valence-corrected chi connectivity index (χ4v) is 9.45. The molecule has 13 nitrogen and oxygen atoms in total. The Morgan fingerprint density at radius 2 is 1.62 bits per heavy atom. The van der Waals surface area contributed by atoms with Gasteiger partial charge < -0.3 is 44.5 Å². The topological polar surface area (TPSA) is 184 Å². The number of amides is 1. The molecule has 1 amide bonds. The highest BCUT2D eigenvalue weighted by molar-refractivity contribution is 6.39. The molecule has 1 saturated carbocycles. The SMILES string of the molecule is CCC1C=C(C)CC(C)CC(OC)C2OC(O)(C(=O)C(=O)N3CCCCC3C(=O)OC(C(C)=CC3CCC(N)C(OC)C3)C(C)C(O)CC1=O)C(C)CC2OC. The number of piperidine rings is 1. The molecular weight excluding hydrogens is 720 g/mol. The molecule has 4 rings (SSSR count). The van der Waals surface area contributed by atoms with Gasteiger partial charge in [0.25, 0.3) is 11.7 Å². The highest BCUT2D eigenvalue weighted by atomic mass is 16.7. The molecule has 0 aromatic heterocycles. The van der Waals surface area contributed by atoms with Gasteiger partial charge in [-0.1, -0.05) is 45.4 Å². The number of hydrogen-bond acceptors (Lipinski definition) is 12. The Morgan fingerprint density at radius 3 is 2.27 bits per heavy atom. The number of aliphatic hydroxyl groups is 2. The van der Waals surface area contributed by atoms with E-state index >= 15 is 0 Å². The van der Waals surface area contributed by atoms with E-state index in [-0.39, 0.29) is 55.6 Å². The smallest absolute Gasteiger partial charge is 0.329 e. The number of fused-ring (bicyclic) bond motifs is 3. The lowest BCUT2D eigenvalue weighted by Gasteiger charge is -2.47. The second-order valence-electron chi connectivity index (χ2n) is 17.3. The average Bonchev–Trinajstić information content (AvgIpc) is 3.18. The van der Waals surface area contributed by atoms with E-state index in [2.05, 4.69) is 6.92 Å². The van der Waals surface area contributed by atoms with Crippen LogP contribution in [-0.2, 0) is 42.9 Å². The van der Waals surface area contributed by atoms with E-state index in [4.69, 9.17) is 29.4 Å². The van der Waals surface area contributed by atoms with E-state index in [1.54, 1.807) is 21.0 Å². The summed E-state index contributed by atoms with van der Waals surface area (Å²) in [5, 5.41) is 23.7. The number of ketones is 2. The zero-order valence-corrected chi connectivity index (χ0v) is 35.2. The third-order valence-corrected chi connectivity index (χ3v) is 13.0. The van der Waals surface area contributed by atoms with Crippen LogP contribution in [0.3, 0.4) is 0 Å². The molecule has 14 atom stereocenters. The van der Waals surface area contributed by atoms with Crippen molar-refractivity contribution in [1.29, 1.82) is 0 Å². The van der Waals surface area contributed by atoms with Gasteiger partial charge in [0.1, 0.15) is 24.0 Å². The van der Waals surface area contributed by atoms with Gasteiger partial charge in [0.05, 0.1) is 24.4 Å². The maximum absolute atomic E-state index is 14.3. The maximum Gasteiger partial charge on any atom is 0.329 e. The lowest BCUT2D eigenvalue weighted by Crippen LogP contribution is -2.64. The van der Waals surface area contributed by atoms with Crippen molar-refractivity contribution in [2.24, 2.45) is 35.3 Å². The van der Waals surface area contributed by atoms with Crippen molar-refractivity contribution in [3.05, 3.63) is 23.3 Å². The molecule has 4 N–H and O–H groups in total. The lowest BCUT2D eigenvalue weighted by molar-refractivity contribution is -0.302. The Bertz CT molecular complexity index is 1430. The summed E-state index contributed by atoms with van der Waals surface area (Å²) < 4.78 is 29.9. The van der Waals surface area contributed by atoms with E-state index in [9.17, 15) is 29.4 Å². The Morgan fingerprint density at radius 1 is 0.964 bits per heavy atom. The van der Waals surface area contributed by atoms with Gasteiger partial charge in [-0.15, -0.1) is 0 Å². The number of carbonyl (C=O) groups excluding carboxylic acids is 4. The molecule has 13 heteroatoms. The molecular formula is C43H70N2O11. The molecule has 3 heterocycles. The van der Waals surface area contributed by atoms with Crippen LogP contribution in [0.2, 0.25) is 0 Å². The highest BCUT2D eigenvalue weighted by Gasteiger charge is 2.56. The predicted molar refractivity (Wildman–Crippen MR) is 210 cm³/mol. The number of hydrogen-bond donors (Lipinski definition) is 3. The Hall–Kier alpha value is -2.52. The molecule has 0 aromatic rings. The summed E-state index contributed by atoms with van der Waals surface area (Å²) in [6, 6.07) is -1.20. The Kier molecular flexibility index (Phi) is 16.9. The summed E-state index contributed by atoms with van der Waals surface area (Å²) in [7, 11) is 4.72. The van der Waals surface area contributed by atoms with Gasteiger partial charge in [0, 0.05) is 58.1 Å². The number of aliphatic hydroxyl groups excluding tert-OH is 1. The van der Waals surface area contributed by atoms with Crippen molar-refractivity contribution in [2.45, 2.75) is 167 Å². The van der Waals surface area contributed by atoms with Gasteiger partial charge in [0.2, 0.25) is 5.79 Å². The number of allylic oxidation sites excluding steroid dienone is 3. The van der Waals surface area contributed by atoms with Crippen molar-refractivity contribution in [3.63, 3.8) is 0 Å². The van der Waals surface area contributed by atoms with E-state index in [0.717, 1.165) is 18.4 Å². The zero-order chi connectivity index (χ0) is 41.5. The minimum absolute atomic E-state index is 0.0428. The van der Waals surface area contributed by atoms with Crippen LogP contribution in [-0.4, -0.2) is 121 Å². The number of rotatable bonds is 6. The molecule has 3 fully saturated rings. The summed E-state index contributed by atoms with van der Waals surface area (Å²) in [5.41, 5.74) is 8.01. The number of Topliss-reactive ketones (excluding diaryl/α,β-unsaturated/α-hetero) is 2. The van der Waals surface area contributed by atoms with E-state index < -0.39 is 77.8 Å². The lowest BCUT2D eigenvalue weighted by atomic mass is 9.81. The Labute approximate surface area is 334 Å². The first-order chi connectivity index (χ1) is 26.5. The summed E-state index contributed by atoms with van der Waals surface area (Å²) in [4.78, 5) is 57.7. The summed E-state index contributed by atoms with van der Waals surface area (Å²) in [5.74, 6) is -7.30. The van der Waals surface area contributed by atoms with Crippen molar-refractivity contribution in [3.8, 4) is 0 Å². The summed E-state index contributed by atoms with van der Waals surface area (Å²) >= 11 is 0. The van der Waals surface area contributed by atoms with Crippen LogP contribution < -0.4 is 5.73 Å². The molecule has 14 unspecified atom stereocenters. The van der Waals surface area contributed by atoms with Crippen LogP contribution in [0.25, 0.3) is 0 Å². The van der Waals surface area contributed by atoms with Crippen molar-refractivity contribution < 1.29 is 53.1 Å². The third kappa shape index (κ3) is 10.7.